The van der Waals surface area contributed by atoms with Gasteiger partial charge in [0.1, 0.15) is 0 Å². The van der Waals surface area contributed by atoms with Crippen molar-refractivity contribution < 1.29 is 22.7 Å². The molecule has 2 aromatic rings. The van der Waals surface area contributed by atoms with Crippen LogP contribution in [-0.4, -0.2) is 31.2 Å². The van der Waals surface area contributed by atoms with E-state index in [1.807, 2.05) is 42.5 Å². The van der Waals surface area contributed by atoms with E-state index in [-0.39, 0.29) is 6.54 Å². The zero-order chi connectivity index (χ0) is 16.0. The molecule has 22 heavy (non-hydrogen) atoms. The highest BCUT2D eigenvalue weighted by Gasteiger charge is 2.29. The van der Waals surface area contributed by atoms with Crippen molar-refractivity contribution in [1.29, 1.82) is 0 Å². The van der Waals surface area contributed by atoms with Crippen molar-refractivity contribution in [2.75, 3.05) is 18.9 Å². The average molecular weight is 329 g/mol. The molecule has 0 unspecified atom stereocenters. The van der Waals surface area contributed by atoms with E-state index in [1.54, 1.807) is 0 Å². The van der Waals surface area contributed by atoms with Crippen LogP contribution in [0.25, 0.3) is 10.8 Å². The number of hydrogen-bond acceptors (Lipinski definition) is 3. The van der Waals surface area contributed by atoms with Gasteiger partial charge in [-0.05, 0) is 22.9 Å². The summed E-state index contributed by atoms with van der Waals surface area (Å²) in [5, 5.41) is 4.54. The average Bonchev–Trinajstić information content (AvgIpc) is 2.49. The maximum atomic E-state index is 11.8. The highest BCUT2D eigenvalue weighted by atomic mass is 32.2. The number of alkyl halides is 3. The van der Waals surface area contributed by atoms with E-state index in [0.29, 0.717) is 5.75 Å². The van der Waals surface area contributed by atoms with Gasteiger partial charge in [0.2, 0.25) is 0 Å². The van der Waals surface area contributed by atoms with Crippen LogP contribution in [-0.2, 0) is 4.74 Å². The molecule has 118 valence electrons. The normalized spacial score (nSPS) is 11.4. The van der Waals surface area contributed by atoms with Crippen LogP contribution < -0.4 is 5.32 Å². The van der Waals surface area contributed by atoms with Crippen LogP contribution in [0.3, 0.4) is 0 Å². The van der Waals surface area contributed by atoms with Crippen molar-refractivity contribution in [2.24, 2.45) is 0 Å². The summed E-state index contributed by atoms with van der Waals surface area (Å²) >= 11 is 1.51. The van der Waals surface area contributed by atoms with Crippen molar-refractivity contribution in [1.82, 2.24) is 5.32 Å². The predicted octanol–water partition coefficient (Wildman–Crippen LogP) is 4.22. The molecule has 1 amide bonds. The summed E-state index contributed by atoms with van der Waals surface area (Å²) in [6.45, 7) is -1.34. The summed E-state index contributed by atoms with van der Waals surface area (Å²) in [7, 11) is 0. The standard InChI is InChI=1S/C15H14F3NO2S/c16-15(17,18)10-21-14(20)19-7-8-22-13-6-5-11-3-1-2-4-12(11)9-13/h1-6,9H,7-8,10H2,(H,19,20). The molecule has 1 N–H and O–H groups in total. The topological polar surface area (TPSA) is 38.3 Å². The lowest BCUT2D eigenvalue weighted by atomic mass is 10.1. The summed E-state index contributed by atoms with van der Waals surface area (Å²) in [4.78, 5) is 12.1. The molecule has 0 aliphatic carbocycles. The van der Waals surface area contributed by atoms with E-state index in [1.165, 1.54) is 11.8 Å². The van der Waals surface area contributed by atoms with E-state index in [0.717, 1.165) is 15.7 Å². The lowest BCUT2D eigenvalue weighted by Crippen LogP contribution is -2.30. The number of ether oxygens (including phenoxy) is 1. The van der Waals surface area contributed by atoms with Crippen LogP contribution in [0.1, 0.15) is 0 Å². The van der Waals surface area contributed by atoms with Crippen molar-refractivity contribution in [3.63, 3.8) is 0 Å². The molecule has 0 spiro atoms. The minimum atomic E-state index is -4.50. The minimum Gasteiger partial charge on any atom is -0.440 e. The maximum Gasteiger partial charge on any atom is 0.422 e. The Bertz CT molecular complexity index is 646. The zero-order valence-electron chi connectivity index (χ0n) is 11.5. The third-order valence-electron chi connectivity index (χ3n) is 2.73. The number of carbonyl (C=O) groups is 1. The summed E-state index contributed by atoms with van der Waals surface area (Å²) in [6, 6.07) is 13.9. The van der Waals surface area contributed by atoms with E-state index < -0.39 is 18.9 Å². The fourth-order valence-corrected chi connectivity index (χ4v) is 2.59. The van der Waals surface area contributed by atoms with Gasteiger partial charge in [-0.3, -0.25) is 0 Å². The first-order valence-electron chi connectivity index (χ1n) is 6.53. The van der Waals surface area contributed by atoms with Gasteiger partial charge in [-0.15, -0.1) is 11.8 Å². The second-order valence-electron chi connectivity index (χ2n) is 4.48. The Hall–Kier alpha value is -1.89. The van der Waals surface area contributed by atoms with Gasteiger partial charge in [0, 0.05) is 17.2 Å². The maximum absolute atomic E-state index is 11.8. The van der Waals surface area contributed by atoms with Crippen LogP contribution in [0.15, 0.2) is 47.4 Å². The van der Waals surface area contributed by atoms with Gasteiger partial charge in [-0.1, -0.05) is 30.3 Å². The Morgan fingerprint density at radius 1 is 1.14 bits per heavy atom. The van der Waals surface area contributed by atoms with Gasteiger partial charge >= 0.3 is 12.3 Å². The molecular weight excluding hydrogens is 315 g/mol. The molecule has 0 aliphatic rings. The van der Waals surface area contributed by atoms with Gasteiger partial charge in [0.15, 0.2) is 6.61 Å². The Labute approximate surface area is 129 Å². The zero-order valence-corrected chi connectivity index (χ0v) is 12.3. The molecule has 0 fully saturated rings. The lowest BCUT2D eigenvalue weighted by Gasteiger charge is -2.09. The molecule has 0 radical (unpaired) electrons. The largest absolute Gasteiger partial charge is 0.440 e. The second-order valence-corrected chi connectivity index (χ2v) is 5.64. The number of carbonyl (C=O) groups excluding carboxylic acids is 1. The fraction of sp³-hybridized carbons (Fsp3) is 0.267. The van der Waals surface area contributed by atoms with Crippen molar-refractivity contribution in [2.45, 2.75) is 11.1 Å². The number of nitrogens with one attached hydrogen (secondary N) is 1. The van der Waals surface area contributed by atoms with Crippen LogP contribution in [0.2, 0.25) is 0 Å². The molecule has 7 heteroatoms. The van der Waals surface area contributed by atoms with E-state index in [9.17, 15) is 18.0 Å². The minimum absolute atomic E-state index is 0.230. The highest BCUT2D eigenvalue weighted by Crippen LogP contribution is 2.23. The first-order valence-corrected chi connectivity index (χ1v) is 7.51. The molecule has 0 heterocycles. The molecule has 2 rings (SSSR count). The van der Waals surface area contributed by atoms with Crippen LogP contribution in [0.4, 0.5) is 18.0 Å². The molecule has 0 saturated carbocycles. The number of alkyl carbamates (subject to hydrolysis) is 1. The predicted molar refractivity (Wildman–Crippen MR) is 80.1 cm³/mol. The Morgan fingerprint density at radius 2 is 1.86 bits per heavy atom. The fourth-order valence-electron chi connectivity index (χ4n) is 1.78. The summed E-state index contributed by atoms with van der Waals surface area (Å²) in [5.41, 5.74) is 0. The van der Waals surface area contributed by atoms with Crippen LogP contribution in [0.5, 0.6) is 0 Å². The smallest absolute Gasteiger partial charge is 0.422 e. The van der Waals surface area contributed by atoms with Gasteiger partial charge in [-0.25, -0.2) is 4.79 Å². The summed E-state index contributed by atoms with van der Waals surface area (Å²) < 4.78 is 39.6. The van der Waals surface area contributed by atoms with E-state index in [4.69, 9.17) is 0 Å². The molecule has 2 aromatic carbocycles. The molecule has 0 aromatic heterocycles. The van der Waals surface area contributed by atoms with Crippen molar-refractivity contribution >= 4 is 28.6 Å². The second kappa shape index (κ2) is 7.40. The Morgan fingerprint density at radius 3 is 2.59 bits per heavy atom. The molecule has 0 saturated heterocycles. The lowest BCUT2D eigenvalue weighted by molar-refractivity contribution is -0.160. The van der Waals surface area contributed by atoms with Gasteiger partial charge in [-0.2, -0.15) is 13.2 Å². The molecular formula is C15H14F3NO2S. The number of rotatable bonds is 5. The Kier molecular flexibility index (Phi) is 5.54. The molecule has 0 aliphatic heterocycles. The highest BCUT2D eigenvalue weighted by molar-refractivity contribution is 7.99. The first-order chi connectivity index (χ1) is 10.4. The molecule has 0 bridgehead atoms. The number of thioether (sulfide) groups is 1. The molecule has 0 atom stereocenters. The van der Waals surface area contributed by atoms with Crippen LogP contribution in [0, 0.1) is 0 Å². The van der Waals surface area contributed by atoms with E-state index in [2.05, 4.69) is 10.1 Å². The number of amides is 1. The van der Waals surface area contributed by atoms with Crippen LogP contribution >= 0.6 is 11.8 Å². The Balaban J connectivity index is 1.72. The van der Waals surface area contributed by atoms with E-state index >= 15 is 0 Å². The number of hydrogen-bond donors (Lipinski definition) is 1. The monoisotopic (exact) mass is 329 g/mol. The summed E-state index contributed by atoms with van der Waals surface area (Å²) in [6.07, 6.45) is -5.56. The quantitative estimate of drug-likeness (QED) is 0.659. The number of fused-ring (bicyclic) bond motifs is 1. The number of benzene rings is 2. The SMILES string of the molecule is O=C(NCCSc1ccc2ccccc2c1)OCC(F)(F)F. The van der Waals surface area contributed by atoms with Gasteiger partial charge in [0.25, 0.3) is 0 Å². The number of halogens is 3. The van der Waals surface area contributed by atoms with Gasteiger partial charge < -0.3 is 10.1 Å². The van der Waals surface area contributed by atoms with Gasteiger partial charge in [0.05, 0.1) is 0 Å². The van der Waals surface area contributed by atoms with Crippen molar-refractivity contribution in [3.05, 3.63) is 42.5 Å². The third kappa shape index (κ3) is 5.48. The third-order valence-corrected chi connectivity index (χ3v) is 3.72. The molecule has 3 nitrogen and oxygen atoms in total. The first kappa shape index (κ1) is 16.5. The van der Waals surface area contributed by atoms with Crippen molar-refractivity contribution in [3.8, 4) is 0 Å². The summed E-state index contributed by atoms with van der Waals surface area (Å²) in [5.74, 6) is 0.541.